The first-order chi connectivity index (χ1) is 13.6. The van der Waals surface area contributed by atoms with E-state index in [1.165, 1.54) is 19.2 Å². The van der Waals surface area contributed by atoms with Crippen LogP contribution in [-0.4, -0.2) is 47.8 Å². The largest absolute Gasteiger partial charge is 0.493 e. The molecule has 1 aromatic carbocycles. The van der Waals surface area contributed by atoms with Gasteiger partial charge in [-0.2, -0.15) is 0 Å². The second-order valence-corrected chi connectivity index (χ2v) is 7.44. The zero-order chi connectivity index (χ0) is 19.6. The van der Waals surface area contributed by atoms with Crippen LogP contribution in [0, 0.1) is 0 Å². The number of aliphatic imine (C=N–C) groups is 4. The van der Waals surface area contributed by atoms with Gasteiger partial charge in [0.25, 0.3) is 0 Å². The van der Waals surface area contributed by atoms with Crippen LogP contribution in [-0.2, 0) is 6.42 Å². The second kappa shape index (κ2) is 7.73. The fourth-order valence-electron chi connectivity index (χ4n) is 3.97. The summed E-state index contributed by atoms with van der Waals surface area (Å²) in [5, 5.41) is 10.2. The van der Waals surface area contributed by atoms with Gasteiger partial charge in [0.05, 0.1) is 13.2 Å². The third kappa shape index (κ3) is 3.53. The standard InChI is InChI=1S/C21H26N4O3/c1-3-6-18-24-19-20(26)22-13-23-21(19,25-18)12-14-9-10-16(27-2)17(11-14)28-15-7-4-5-8-15/h9-11,13,15H,3-8,12H2,1-2H3,(H,22,23,26). The van der Waals surface area contributed by atoms with Crippen LogP contribution >= 0.6 is 0 Å². The van der Waals surface area contributed by atoms with Gasteiger partial charge in [0.1, 0.15) is 12.2 Å². The summed E-state index contributed by atoms with van der Waals surface area (Å²) in [6.45, 7) is 2.07. The Balaban J connectivity index is 1.63. The van der Waals surface area contributed by atoms with Gasteiger partial charge in [-0.1, -0.05) is 13.0 Å². The Hall–Kier alpha value is -2.70. The number of fused-ring (bicyclic) bond motifs is 1. The first-order valence-corrected chi connectivity index (χ1v) is 9.96. The van der Waals surface area contributed by atoms with Crippen LogP contribution in [0.3, 0.4) is 0 Å². The maximum Gasteiger partial charge on any atom is 0.239 e. The molecular weight excluding hydrogens is 356 g/mol. The highest BCUT2D eigenvalue weighted by Crippen LogP contribution is 2.35. The van der Waals surface area contributed by atoms with Crippen LogP contribution in [0.25, 0.3) is 0 Å². The van der Waals surface area contributed by atoms with Crippen molar-refractivity contribution in [1.29, 1.82) is 0 Å². The smallest absolute Gasteiger partial charge is 0.239 e. The van der Waals surface area contributed by atoms with Crippen molar-refractivity contribution in [3.8, 4) is 11.5 Å². The van der Waals surface area contributed by atoms with Gasteiger partial charge >= 0.3 is 0 Å². The number of aliphatic hydroxyl groups excluding tert-OH is 1. The van der Waals surface area contributed by atoms with Gasteiger partial charge in [0, 0.05) is 12.8 Å². The topological polar surface area (TPSA) is 88.1 Å². The number of hydrogen-bond acceptors (Lipinski definition) is 6. The minimum Gasteiger partial charge on any atom is -0.493 e. The molecule has 0 aromatic heterocycles. The summed E-state index contributed by atoms with van der Waals surface area (Å²) in [5.74, 6) is 2.06. The molecule has 7 heteroatoms. The molecule has 4 rings (SSSR count). The van der Waals surface area contributed by atoms with E-state index >= 15 is 0 Å². The van der Waals surface area contributed by atoms with Gasteiger partial charge in [0.15, 0.2) is 17.2 Å². The van der Waals surface area contributed by atoms with E-state index in [1.807, 2.05) is 18.2 Å². The molecule has 1 N–H and O–H groups in total. The highest BCUT2D eigenvalue weighted by molar-refractivity contribution is 6.46. The molecule has 7 nitrogen and oxygen atoms in total. The second-order valence-electron chi connectivity index (χ2n) is 7.44. The van der Waals surface area contributed by atoms with Crippen molar-refractivity contribution in [1.82, 2.24) is 0 Å². The Morgan fingerprint density at radius 2 is 2.04 bits per heavy atom. The van der Waals surface area contributed by atoms with E-state index in [2.05, 4.69) is 21.9 Å². The molecule has 0 spiro atoms. The number of amidine groups is 1. The van der Waals surface area contributed by atoms with E-state index < -0.39 is 5.66 Å². The summed E-state index contributed by atoms with van der Waals surface area (Å²) >= 11 is 0. The average molecular weight is 382 g/mol. The van der Waals surface area contributed by atoms with E-state index in [9.17, 15) is 5.11 Å². The molecule has 3 aliphatic rings. The van der Waals surface area contributed by atoms with Crippen molar-refractivity contribution >= 4 is 23.8 Å². The van der Waals surface area contributed by atoms with Crippen LogP contribution in [0.2, 0.25) is 0 Å². The van der Waals surface area contributed by atoms with Gasteiger partial charge in [-0.25, -0.2) is 20.0 Å². The van der Waals surface area contributed by atoms with E-state index in [1.54, 1.807) is 7.11 Å². The minimum atomic E-state index is -0.949. The summed E-state index contributed by atoms with van der Waals surface area (Å²) < 4.78 is 11.7. The van der Waals surface area contributed by atoms with E-state index in [0.717, 1.165) is 42.7 Å². The number of ether oxygens (including phenoxy) is 2. The molecule has 0 saturated heterocycles. The lowest BCUT2D eigenvalue weighted by atomic mass is 9.95. The summed E-state index contributed by atoms with van der Waals surface area (Å²) in [6, 6.07) is 5.90. The molecule has 148 valence electrons. The van der Waals surface area contributed by atoms with E-state index in [4.69, 9.17) is 14.5 Å². The van der Waals surface area contributed by atoms with Crippen molar-refractivity contribution in [2.24, 2.45) is 20.0 Å². The first-order valence-electron chi connectivity index (χ1n) is 9.96. The monoisotopic (exact) mass is 382 g/mol. The summed E-state index contributed by atoms with van der Waals surface area (Å²) in [6.07, 6.45) is 8.31. The number of benzene rings is 1. The Morgan fingerprint density at radius 3 is 2.79 bits per heavy atom. The van der Waals surface area contributed by atoms with Crippen molar-refractivity contribution in [3.63, 3.8) is 0 Å². The molecule has 0 bridgehead atoms. The third-order valence-electron chi connectivity index (χ3n) is 5.35. The van der Waals surface area contributed by atoms with E-state index in [-0.39, 0.29) is 12.0 Å². The Labute approximate surface area is 164 Å². The maximum absolute atomic E-state index is 10.2. The Bertz CT molecular complexity index is 868. The zero-order valence-electron chi connectivity index (χ0n) is 16.4. The van der Waals surface area contributed by atoms with Crippen LogP contribution in [0.4, 0.5) is 0 Å². The van der Waals surface area contributed by atoms with Crippen LogP contribution in [0.5, 0.6) is 11.5 Å². The molecule has 1 aliphatic carbocycles. The normalized spacial score (nSPS) is 23.9. The van der Waals surface area contributed by atoms with E-state index in [0.29, 0.717) is 18.0 Å². The number of hydrogen-bond donors (Lipinski definition) is 1. The number of nitrogens with zero attached hydrogens (tertiary/aromatic N) is 4. The van der Waals surface area contributed by atoms with Crippen molar-refractivity contribution in [3.05, 3.63) is 23.8 Å². The first kappa shape index (κ1) is 18.7. The van der Waals surface area contributed by atoms with Crippen LogP contribution in [0.15, 0.2) is 38.2 Å². The zero-order valence-corrected chi connectivity index (χ0v) is 16.4. The lowest BCUT2D eigenvalue weighted by Gasteiger charge is -2.25. The average Bonchev–Trinajstić information content (AvgIpc) is 3.31. The molecule has 0 amide bonds. The predicted molar refractivity (Wildman–Crippen MR) is 111 cm³/mol. The molecule has 0 radical (unpaired) electrons. The summed E-state index contributed by atoms with van der Waals surface area (Å²) in [7, 11) is 1.65. The molecule has 1 saturated carbocycles. The summed E-state index contributed by atoms with van der Waals surface area (Å²) in [4.78, 5) is 17.7. The Morgan fingerprint density at radius 1 is 1.21 bits per heavy atom. The van der Waals surface area contributed by atoms with Gasteiger partial charge in [-0.05, 0) is 49.8 Å². The number of aliphatic hydroxyl groups is 1. The minimum absolute atomic E-state index is 0.110. The quantitative estimate of drug-likeness (QED) is 0.775. The molecule has 1 aromatic rings. The predicted octanol–water partition coefficient (Wildman–Crippen LogP) is 3.91. The van der Waals surface area contributed by atoms with Crippen molar-refractivity contribution in [2.75, 3.05) is 7.11 Å². The highest BCUT2D eigenvalue weighted by Gasteiger charge is 2.44. The lowest BCUT2D eigenvalue weighted by Crippen LogP contribution is -2.42. The van der Waals surface area contributed by atoms with Crippen molar-refractivity contribution in [2.45, 2.75) is 63.6 Å². The van der Waals surface area contributed by atoms with Crippen molar-refractivity contribution < 1.29 is 14.6 Å². The van der Waals surface area contributed by atoms with Gasteiger partial charge < -0.3 is 14.6 Å². The lowest BCUT2D eigenvalue weighted by molar-refractivity contribution is 0.200. The molecule has 1 atom stereocenters. The fraction of sp³-hybridized carbons (Fsp3) is 0.524. The Kier molecular flexibility index (Phi) is 5.15. The van der Waals surface area contributed by atoms with Crippen LogP contribution < -0.4 is 9.47 Å². The summed E-state index contributed by atoms with van der Waals surface area (Å²) in [5.41, 5.74) is 0.470. The maximum atomic E-state index is 10.2. The van der Waals surface area contributed by atoms with Crippen LogP contribution in [0.1, 0.15) is 51.0 Å². The molecule has 2 aliphatic heterocycles. The molecule has 1 fully saturated rings. The molecule has 1 unspecified atom stereocenters. The molecule has 2 heterocycles. The third-order valence-corrected chi connectivity index (χ3v) is 5.35. The SMILES string of the molecule is CCCC1=NC2(Cc3ccc(OC)c(OC4CCCC4)c3)N=CN=C(O)C2=N1. The van der Waals surface area contributed by atoms with Gasteiger partial charge in [0.2, 0.25) is 11.6 Å². The number of methoxy groups -OCH3 is 1. The number of rotatable bonds is 7. The molecular formula is C21H26N4O3. The van der Waals surface area contributed by atoms with Gasteiger partial charge in [-0.3, -0.25) is 0 Å². The van der Waals surface area contributed by atoms with Gasteiger partial charge in [-0.15, -0.1) is 0 Å². The fourth-order valence-corrected chi connectivity index (χ4v) is 3.97. The highest BCUT2D eigenvalue weighted by atomic mass is 16.5. The molecule has 28 heavy (non-hydrogen) atoms.